The van der Waals surface area contributed by atoms with Crippen LogP contribution in [0.2, 0.25) is 0 Å². The number of halogens is 1. The number of nitrogens with two attached hydrogens (primary N) is 1. The summed E-state index contributed by atoms with van der Waals surface area (Å²) >= 11 is 3.36. The van der Waals surface area contributed by atoms with E-state index in [0.717, 1.165) is 28.8 Å². The van der Waals surface area contributed by atoms with E-state index in [9.17, 15) is 0 Å². The van der Waals surface area contributed by atoms with Crippen LogP contribution in [-0.2, 0) is 13.5 Å². The Labute approximate surface area is 109 Å². The third kappa shape index (κ3) is 3.14. The highest BCUT2D eigenvalue weighted by Gasteiger charge is 2.09. The molecule has 5 heteroatoms. The van der Waals surface area contributed by atoms with Crippen LogP contribution in [0.4, 0.5) is 0 Å². The lowest BCUT2D eigenvalue weighted by molar-refractivity contribution is 0.607. The fourth-order valence-electron chi connectivity index (χ4n) is 1.68. The predicted molar refractivity (Wildman–Crippen MR) is 70.4 cm³/mol. The minimum Gasteiger partial charge on any atom is -0.338 e. The fourth-order valence-corrected chi connectivity index (χ4v) is 1.91. The van der Waals surface area contributed by atoms with E-state index in [2.05, 4.69) is 25.9 Å². The van der Waals surface area contributed by atoms with Gasteiger partial charge in [0.25, 0.3) is 0 Å². The van der Waals surface area contributed by atoms with Crippen molar-refractivity contribution in [1.82, 2.24) is 14.5 Å². The van der Waals surface area contributed by atoms with E-state index in [1.807, 2.05) is 29.9 Å². The van der Waals surface area contributed by atoms with Crippen molar-refractivity contribution >= 4 is 15.9 Å². The maximum Gasteiger partial charge on any atom is 0.108 e. The topological polar surface area (TPSA) is 56.7 Å². The van der Waals surface area contributed by atoms with Gasteiger partial charge in [0.2, 0.25) is 0 Å². The van der Waals surface area contributed by atoms with Gasteiger partial charge in [-0.25, -0.2) is 4.98 Å². The summed E-state index contributed by atoms with van der Waals surface area (Å²) in [5.41, 5.74) is 7.02. The SMILES string of the molecule is Cn1ccnc1CCC(N)c1ccc(Br)cn1. The molecular weight excluding hydrogens is 280 g/mol. The van der Waals surface area contributed by atoms with Gasteiger partial charge in [0, 0.05) is 42.6 Å². The monoisotopic (exact) mass is 294 g/mol. The predicted octanol–water partition coefficient (Wildman–Crippen LogP) is 2.21. The molecule has 17 heavy (non-hydrogen) atoms. The molecule has 0 fully saturated rings. The normalized spacial score (nSPS) is 12.6. The number of rotatable bonds is 4. The van der Waals surface area contributed by atoms with E-state index in [0.29, 0.717) is 0 Å². The molecule has 0 saturated heterocycles. The molecule has 0 amide bonds. The van der Waals surface area contributed by atoms with Gasteiger partial charge in [0.1, 0.15) is 5.82 Å². The second-order valence-electron chi connectivity index (χ2n) is 4.00. The van der Waals surface area contributed by atoms with Crippen LogP contribution in [0.1, 0.15) is 24.0 Å². The molecule has 2 heterocycles. The minimum atomic E-state index is -0.0419. The summed E-state index contributed by atoms with van der Waals surface area (Å²) in [5.74, 6) is 1.05. The standard InChI is InChI=1S/C12H15BrN4/c1-17-7-6-15-12(17)5-3-10(14)11-4-2-9(13)8-16-11/h2,4,6-8,10H,3,5,14H2,1H3. The summed E-state index contributed by atoms with van der Waals surface area (Å²) in [5, 5.41) is 0. The molecule has 1 unspecified atom stereocenters. The van der Waals surface area contributed by atoms with Crippen LogP contribution < -0.4 is 5.73 Å². The molecule has 2 aromatic rings. The third-order valence-electron chi connectivity index (χ3n) is 2.73. The van der Waals surface area contributed by atoms with E-state index in [1.54, 1.807) is 12.4 Å². The highest BCUT2D eigenvalue weighted by molar-refractivity contribution is 9.10. The number of aryl methyl sites for hydroxylation is 2. The molecule has 90 valence electrons. The van der Waals surface area contributed by atoms with Gasteiger partial charge >= 0.3 is 0 Å². The Hall–Kier alpha value is -1.20. The van der Waals surface area contributed by atoms with Gasteiger partial charge in [-0.2, -0.15) is 0 Å². The summed E-state index contributed by atoms with van der Waals surface area (Å²) in [4.78, 5) is 8.58. The van der Waals surface area contributed by atoms with Gasteiger partial charge in [0.15, 0.2) is 0 Å². The summed E-state index contributed by atoms with van der Waals surface area (Å²) in [6.07, 6.45) is 7.23. The number of pyridine rings is 1. The van der Waals surface area contributed by atoms with Crippen LogP contribution in [0.25, 0.3) is 0 Å². The number of hydrogen-bond donors (Lipinski definition) is 1. The lowest BCUT2D eigenvalue weighted by atomic mass is 10.1. The Bertz CT molecular complexity index is 478. The van der Waals surface area contributed by atoms with Crippen LogP contribution in [-0.4, -0.2) is 14.5 Å². The summed E-state index contributed by atoms with van der Waals surface area (Å²) in [6.45, 7) is 0. The lowest BCUT2D eigenvalue weighted by Gasteiger charge is -2.10. The Morgan fingerprint density at radius 1 is 1.41 bits per heavy atom. The van der Waals surface area contributed by atoms with Gasteiger partial charge in [-0.3, -0.25) is 4.98 Å². The Kier molecular flexibility index (Phi) is 3.91. The Morgan fingerprint density at radius 2 is 2.24 bits per heavy atom. The van der Waals surface area contributed by atoms with Crippen molar-refractivity contribution in [3.63, 3.8) is 0 Å². The van der Waals surface area contributed by atoms with Crippen molar-refractivity contribution in [2.24, 2.45) is 12.8 Å². The number of aromatic nitrogens is 3. The van der Waals surface area contributed by atoms with E-state index in [1.165, 1.54) is 0 Å². The molecule has 0 bridgehead atoms. The van der Waals surface area contributed by atoms with Crippen molar-refractivity contribution in [3.05, 3.63) is 46.7 Å². The minimum absolute atomic E-state index is 0.0419. The molecule has 0 aliphatic carbocycles. The van der Waals surface area contributed by atoms with Gasteiger partial charge in [-0.1, -0.05) is 0 Å². The molecule has 0 spiro atoms. The van der Waals surface area contributed by atoms with Crippen LogP contribution in [0, 0.1) is 0 Å². The van der Waals surface area contributed by atoms with Crippen molar-refractivity contribution in [2.45, 2.75) is 18.9 Å². The van der Waals surface area contributed by atoms with Gasteiger partial charge < -0.3 is 10.3 Å². The zero-order valence-electron chi connectivity index (χ0n) is 9.68. The Balaban J connectivity index is 1.95. The van der Waals surface area contributed by atoms with Crippen LogP contribution in [0.5, 0.6) is 0 Å². The first-order valence-electron chi connectivity index (χ1n) is 5.50. The fraction of sp³-hybridized carbons (Fsp3) is 0.333. The van der Waals surface area contributed by atoms with E-state index < -0.39 is 0 Å². The first kappa shape index (κ1) is 12.3. The quantitative estimate of drug-likeness (QED) is 0.941. The molecule has 0 aliphatic rings. The van der Waals surface area contributed by atoms with Gasteiger partial charge in [-0.05, 0) is 34.5 Å². The molecule has 0 aliphatic heterocycles. The molecule has 0 saturated carbocycles. The van der Waals surface area contributed by atoms with Crippen LogP contribution >= 0.6 is 15.9 Å². The molecule has 0 radical (unpaired) electrons. The molecule has 4 nitrogen and oxygen atoms in total. The van der Waals surface area contributed by atoms with E-state index in [4.69, 9.17) is 5.73 Å². The molecule has 2 rings (SSSR count). The highest BCUT2D eigenvalue weighted by atomic mass is 79.9. The first-order valence-corrected chi connectivity index (χ1v) is 6.29. The van der Waals surface area contributed by atoms with Gasteiger partial charge in [0.05, 0.1) is 5.69 Å². The molecule has 2 N–H and O–H groups in total. The van der Waals surface area contributed by atoms with E-state index in [-0.39, 0.29) is 6.04 Å². The van der Waals surface area contributed by atoms with Crippen LogP contribution in [0.3, 0.4) is 0 Å². The summed E-state index contributed by atoms with van der Waals surface area (Å²) in [7, 11) is 1.99. The zero-order valence-corrected chi connectivity index (χ0v) is 11.3. The molecule has 0 aromatic carbocycles. The number of hydrogen-bond acceptors (Lipinski definition) is 3. The Morgan fingerprint density at radius 3 is 2.82 bits per heavy atom. The number of nitrogens with zero attached hydrogens (tertiary/aromatic N) is 3. The maximum atomic E-state index is 6.10. The summed E-state index contributed by atoms with van der Waals surface area (Å²) < 4.78 is 2.99. The number of imidazole rings is 1. The molecular formula is C12H15BrN4. The van der Waals surface area contributed by atoms with Crippen molar-refractivity contribution in [1.29, 1.82) is 0 Å². The average molecular weight is 295 g/mol. The van der Waals surface area contributed by atoms with Crippen molar-refractivity contribution in [3.8, 4) is 0 Å². The van der Waals surface area contributed by atoms with E-state index >= 15 is 0 Å². The molecule has 1 atom stereocenters. The first-order chi connectivity index (χ1) is 8.16. The third-order valence-corrected chi connectivity index (χ3v) is 3.20. The zero-order chi connectivity index (χ0) is 12.3. The van der Waals surface area contributed by atoms with Crippen molar-refractivity contribution < 1.29 is 0 Å². The smallest absolute Gasteiger partial charge is 0.108 e. The van der Waals surface area contributed by atoms with Crippen LogP contribution in [0.15, 0.2) is 35.2 Å². The molecule has 2 aromatic heterocycles. The lowest BCUT2D eigenvalue weighted by Crippen LogP contribution is -2.14. The van der Waals surface area contributed by atoms with Gasteiger partial charge in [-0.15, -0.1) is 0 Å². The largest absolute Gasteiger partial charge is 0.338 e. The highest BCUT2D eigenvalue weighted by Crippen LogP contribution is 2.16. The maximum absolute atomic E-state index is 6.10. The second kappa shape index (κ2) is 5.42. The second-order valence-corrected chi connectivity index (χ2v) is 4.92. The summed E-state index contributed by atoms with van der Waals surface area (Å²) in [6, 6.07) is 3.87. The van der Waals surface area contributed by atoms with Crippen molar-refractivity contribution in [2.75, 3.05) is 0 Å². The average Bonchev–Trinajstić information content (AvgIpc) is 2.73.